The Morgan fingerprint density at radius 3 is 1.13 bits per heavy atom. The molecule has 3 aromatic heterocycles. The average Bonchev–Trinajstić information content (AvgIpc) is 4.19. The molecule has 0 atom stereocenters. The zero-order valence-corrected chi connectivity index (χ0v) is 40.1. The Kier molecular flexibility index (Phi) is 12.6. The van der Waals surface area contributed by atoms with Crippen LogP contribution in [-0.4, -0.2) is 19.9 Å². The highest BCUT2D eigenvalue weighted by Crippen LogP contribution is 2.40. The molecule has 0 saturated heterocycles. The Hall–Kier alpha value is -8.06. The van der Waals surface area contributed by atoms with Gasteiger partial charge in [-0.3, -0.25) is 0 Å². The maximum absolute atomic E-state index is 9.67. The van der Waals surface area contributed by atoms with E-state index >= 15 is 0 Å². The van der Waals surface area contributed by atoms with E-state index in [9.17, 15) is 10.5 Å². The Labute approximate surface area is 400 Å². The highest BCUT2D eigenvalue weighted by molar-refractivity contribution is 6.02. The van der Waals surface area contributed by atoms with Crippen LogP contribution in [0.2, 0.25) is 0 Å². The van der Waals surface area contributed by atoms with E-state index in [0.717, 1.165) is 94.9 Å². The van der Waals surface area contributed by atoms with Gasteiger partial charge < -0.3 is 9.97 Å². The number of aromatic amines is 2. The van der Waals surface area contributed by atoms with Gasteiger partial charge in [0.05, 0.1) is 28.3 Å². The second kappa shape index (κ2) is 19.0. The molecule has 6 nitrogen and oxygen atoms in total. The molecule has 2 aliphatic rings. The molecule has 0 radical (unpaired) electrons. The van der Waals surface area contributed by atoms with Crippen LogP contribution in [0.5, 0.6) is 0 Å². The fraction of sp³-hybridized carbons (Fsp3) is 0.194. The molecule has 6 heteroatoms. The van der Waals surface area contributed by atoms with Gasteiger partial charge in [-0.25, -0.2) is 9.97 Å². The second-order valence-corrected chi connectivity index (χ2v) is 19.0. The predicted molar refractivity (Wildman–Crippen MR) is 285 cm³/mol. The fourth-order valence-corrected chi connectivity index (χ4v) is 9.14. The molecule has 0 amide bonds. The van der Waals surface area contributed by atoms with Crippen molar-refractivity contribution in [3.63, 3.8) is 0 Å². The van der Waals surface area contributed by atoms with E-state index in [2.05, 4.69) is 205 Å². The first-order valence-corrected chi connectivity index (χ1v) is 23.7. The molecule has 0 unspecified atom stereocenters. The van der Waals surface area contributed by atoms with Crippen molar-refractivity contribution in [2.24, 2.45) is 0 Å². The minimum absolute atomic E-state index is 0.0219. The first kappa shape index (κ1) is 45.1. The maximum Gasteiger partial charge on any atom is 0.129 e. The molecule has 0 aliphatic carbocycles. The molecular weight excluding hydrogens is 829 g/mol. The number of fused-ring (bicyclic) bond motifs is 8. The van der Waals surface area contributed by atoms with Gasteiger partial charge in [0.1, 0.15) is 17.7 Å². The van der Waals surface area contributed by atoms with Gasteiger partial charge in [-0.05, 0) is 117 Å². The second-order valence-electron chi connectivity index (χ2n) is 19.0. The van der Waals surface area contributed by atoms with Crippen molar-refractivity contribution in [3.05, 3.63) is 184 Å². The van der Waals surface area contributed by atoms with Crippen LogP contribution in [-0.2, 0) is 0 Å². The highest BCUT2D eigenvalue weighted by atomic mass is 14.8. The number of benzene rings is 4. The van der Waals surface area contributed by atoms with Crippen LogP contribution in [0.1, 0.15) is 130 Å². The SMILES string of the molecule is CC(C)c1ccc(-c2c3nc(c(-c4ccc(C(C)C)cc4)c4cc(/C=C/C=C(C#N)C#N)c([nH]4)c(-c4ccc(C(C)C)cc4)c4nc(c(-c5ccc(C(C)C)cc5)c5ccc2[nH]5)C=C4)C=C3)cc1. The molecule has 2 aliphatic heterocycles. The molecule has 5 heterocycles. The van der Waals surface area contributed by atoms with Gasteiger partial charge in [0.25, 0.3) is 0 Å². The van der Waals surface area contributed by atoms with Crippen LogP contribution < -0.4 is 0 Å². The first-order chi connectivity index (χ1) is 32.9. The van der Waals surface area contributed by atoms with Crippen LogP contribution in [0.25, 0.3) is 97.0 Å². The molecule has 68 heavy (non-hydrogen) atoms. The van der Waals surface area contributed by atoms with E-state index in [4.69, 9.17) is 9.97 Å². The Balaban J connectivity index is 1.48. The zero-order chi connectivity index (χ0) is 47.6. The van der Waals surface area contributed by atoms with Crippen molar-refractivity contribution in [1.29, 1.82) is 10.5 Å². The molecule has 4 aromatic carbocycles. The number of nitriles is 2. The lowest BCUT2D eigenvalue weighted by atomic mass is 9.97. The zero-order valence-electron chi connectivity index (χ0n) is 40.1. The predicted octanol–water partition coefficient (Wildman–Crippen LogP) is 16.8. The topological polar surface area (TPSA) is 105 Å². The smallest absolute Gasteiger partial charge is 0.129 e. The molecule has 7 aromatic rings. The minimum Gasteiger partial charge on any atom is -0.354 e. The van der Waals surface area contributed by atoms with Crippen molar-refractivity contribution in [2.75, 3.05) is 0 Å². The van der Waals surface area contributed by atoms with Crippen molar-refractivity contribution in [3.8, 4) is 56.6 Å². The van der Waals surface area contributed by atoms with Crippen molar-refractivity contribution >= 4 is 52.4 Å². The lowest BCUT2D eigenvalue weighted by Gasteiger charge is -2.10. The molecule has 334 valence electrons. The molecule has 0 saturated carbocycles. The third-order valence-corrected chi connectivity index (χ3v) is 13.1. The van der Waals surface area contributed by atoms with Crippen LogP contribution >= 0.6 is 0 Å². The van der Waals surface area contributed by atoms with E-state index in [1.807, 2.05) is 18.2 Å². The summed E-state index contributed by atoms with van der Waals surface area (Å²) in [6, 6.07) is 45.8. The summed E-state index contributed by atoms with van der Waals surface area (Å²) >= 11 is 0. The molecule has 2 N–H and O–H groups in total. The largest absolute Gasteiger partial charge is 0.354 e. The third-order valence-electron chi connectivity index (χ3n) is 13.1. The van der Waals surface area contributed by atoms with Gasteiger partial charge in [0.2, 0.25) is 0 Å². The summed E-state index contributed by atoms with van der Waals surface area (Å²) in [5, 5.41) is 19.3. The van der Waals surface area contributed by atoms with Gasteiger partial charge in [0, 0.05) is 44.4 Å². The van der Waals surface area contributed by atoms with Crippen LogP contribution in [0.15, 0.2) is 133 Å². The van der Waals surface area contributed by atoms with Gasteiger partial charge in [-0.1, -0.05) is 165 Å². The molecule has 8 bridgehead atoms. The van der Waals surface area contributed by atoms with E-state index in [1.54, 1.807) is 12.2 Å². The molecule has 0 spiro atoms. The Bertz CT molecular complexity index is 3410. The van der Waals surface area contributed by atoms with Crippen molar-refractivity contribution < 1.29 is 0 Å². The summed E-state index contributed by atoms with van der Waals surface area (Å²) in [6.07, 6.45) is 13.8. The number of hydrogen-bond acceptors (Lipinski definition) is 4. The molecule has 0 fully saturated rings. The summed E-state index contributed by atoms with van der Waals surface area (Å²) in [6.45, 7) is 17.7. The van der Waals surface area contributed by atoms with Crippen LogP contribution in [0.4, 0.5) is 0 Å². The number of allylic oxidation sites excluding steroid dienone is 3. The summed E-state index contributed by atoms with van der Waals surface area (Å²) in [7, 11) is 0. The number of nitrogens with one attached hydrogen (secondary N) is 2. The first-order valence-electron chi connectivity index (χ1n) is 23.7. The van der Waals surface area contributed by atoms with E-state index in [1.165, 1.54) is 22.3 Å². The Morgan fingerprint density at radius 1 is 0.441 bits per heavy atom. The summed E-state index contributed by atoms with van der Waals surface area (Å²) in [5.41, 5.74) is 20.8. The normalized spacial score (nSPS) is 12.1. The highest BCUT2D eigenvalue weighted by Gasteiger charge is 2.21. The van der Waals surface area contributed by atoms with Crippen LogP contribution in [0.3, 0.4) is 0 Å². The lowest BCUT2D eigenvalue weighted by molar-refractivity contribution is 0.867. The summed E-state index contributed by atoms with van der Waals surface area (Å²) < 4.78 is 0. The molecular formula is C62H56N6. The van der Waals surface area contributed by atoms with Gasteiger partial charge in [-0.15, -0.1) is 0 Å². The minimum atomic E-state index is 0.0219. The van der Waals surface area contributed by atoms with Gasteiger partial charge >= 0.3 is 0 Å². The van der Waals surface area contributed by atoms with E-state index in [0.29, 0.717) is 23.7 Å². The summed E-state index contributed by atoms with van der Waals surface area (Å²) in [5.74, 6) is 1.51. The quantitative estimate of drug-likeness (QED) is 0.105. The number of aromatic nitrogens is 4. The van der Waals surface area contributed by atoms with E-state index in [-0.39, 0.29) is 5.57 Å². The lowest BCUT2D eigenvalue weighted by Crippen LogP contribution is -1.92. The number of nitrogens with zero attached hydrogens (tertiary/aromatic N) is 4. The standard InChI is InChI=1S/C62H56N6/c1-37(2)42-12-20-46(21-13-42)58-51-28-29-52(65-51)59(47-22-14-43(15-23-47)38(3)4)54-32-33-56(67-54)61(49-26-18-45(19-27-49)40(7)8)62-50(11-9-10-41(35-63)36-64)34-57(68-62)60(55-31-30-53(58)66-55)48-24-16-44(17-25-48)39(5)6/h9-34,37-40,65,68H,1-8H3/b11-9+,58-51?,58-53?,59-52?,59-54?,60-55?,60-57?,61-56?,62-61?. The monoisotopic (exact) mass is 884 g/mol. The van der Waals surface area contributed by atoms with Gasteiger partial charge in [0.15, 0.2) is 0 Å². The van der Waals surface area contributed by atoms with Crippen LogP contribution in [0, 0.1) is 22.7 Å². The third kappa shape index (κ3) is 8.94. The van der Waals surface area contributed by atoms with Gasteiger partial charge in [-0.2, -0.15) is 10.5 Å². The van der Waals surface area contributed by atoms with Crippen molar-refractivity contribution in [2.45, 2.75) is 79.1 Å². The average molecular weight is 885 g/mol. The fourth-order valence-electron chi connectivity index (χ4n) is 9.14. The number of rotatable bonds is 10. The Morgan fingerprint density at radius 2 is 0.779 bits per heavy atom. The number of hydrogen-bond donors (Lipinski definition) is 2. The summed E-state index contributed by atoms with van der Waals surface area (Å²) in [4.78, 5) is 19.0. The maximum atomic E-state index is 9.67. The van der Waals surface area contributed by atoms with Crippen molar-refractivity contribution in [1.82, 2.24) is 19.9 Å². The molecule has 9 rings (SSSR count). The number of H-pyrrole nitrogens is 2. The van der Waals surface area contributed by atoms with E-state index < -0.39 is 0 Å².